The molecule has 0 saturated heterocycles. The molecule has 1 N–H and O–H groups in total. The van der Waals surface area contributed by atoms with Crippen molar-refractivity contribution >= 4 is 12.2 Å². The van der Waals surface area contributed by atoms with E-state index in [1.807, 2.05) is 0 Å². The number of phenols is 1. The van der Waals surface area contributed by atoms with E-state index in [-0.39, 0.29) is 5.75 Å². The Morgan fingerprint density at radius 3 is 2.72 bits per heavy atom. The van der Waals surface area contributed by atoms with Crippen molar-refractivity contribution in [2.24, 2.45) is 5.16 Å². The Labute approximate surface area is 103 Å². The van der Waals surface area contributed by atoms with Crippen LogP contribution in [0.3, 0.4) is 0 Å². The van der Waals surface area contributed by atoms with Crippen molar-refractivity contribution in [2.45, 2.75) is 0 Å². The number of oxime groups is 1. The average Bonchev–Trinajstić information content (AvgIpc) is 2.42. The third kappa shape index (κ3) is 3.15. The van der Waals surface area contributed by atoms with E-state index in [0.717, 1.165) is 0 Å². The minimum Gasteiger partial charge on any atom is -0.508 e. The number of hydrogen-bond acceptors (Lipinski definition) is 5. The highest BCUT2D eigenvalue weighted by atomic mass is 16.7. The van der Waals surface area contributed by atoms with Crippen LogP contribution in [0.5, 0.6) is 5.75 Å². The first-order valence-electron chi connectivity index (χ1n) is 5.19. The number of benzene rings is 1. The number of pyridine rings is 1. The number of carbonyl (C=O) groups excluding carboxylic acids is 1. The summed E-state index contributed by atoms with van der Waals surface area (Å²) in [7, 11) is 0. The highest BCUT2D eigenvalue weighted by Crippen LogP contribution is 2.08. The second kappa shape index (κ2) is 5.58. The second-order valence-electron chi connectivity index (χ2n) is 3.45. The normalized spacial score (nSPS) is 10.4. The smallest absolute Gasteiger partial charge is 0.367 e. The molecule has 0 atom stereocenters. The lowest BCUT2D eigenvalue weighted by Gasteiger charge is -1.96. The maximum Gasteiger partial charge on any atom is 0.367 e. The number of carbonyl (C=O) groups is 1. The summed E-state index contributed by atoms with van der Waals surface area (Å²) in [5.74, 6) is -0.405. The first-order valence-corrected chi connectivity index (χ1v) is 5.19. The van der Waals surface area contributed by atoms with Gasteiger partial charge in [-0.05, 0) is 42.0 Å². The van der Waals surface area contributed by atoms with Gasteiger partial charge in [0.05, 0.1) is 11.8 Å². The zero-order valence-corrected chi connectivity index (χ0v) is 9.35. The first-order chi connectivity index (χ1) is 8.75. The molecule has 18 heavy (non-hydrogen) atoms. The van der Waals surface area contributed by atoms with E-state index >= 15 is 0 Å². The van der Waals surface area contributed by atoms with Crippen molar-refractivity contribution < 1.29 is 14.7 Å². The van der Waals surface area contributed by atoms with E-state index in [4.69, 9.17) is 9.94 Å². The van der Waals surface area contributed by atoms with Gasteiger partial charge in [0.25, 0.3) is 0 Å². The number of phenolic OH excluding ortho intramolecular Hbond substituents is 1. The van der Waals surface area contributed by atoms with Crippen LogP contribution in [0.15, 0.2) is 53.9 Å². The summed E-state index contributed by atoms with van der Waals surface area (Å²) in [4.78, 5) is 20.0. The fraction of sp³-hybridized carbons (Fsp3) is 0. The minimum absolute atomic E-state index is 0.166. The zero-order chi connectivity index (χ0) is 12.8. The van der Waals surface area contributed by atoms with Crippen molar-refractivity contribution in [1.29, 1.82) is 0 Å². The van der Waals surface area contributed by atoms with Crippen molar-refractivity contribution in [3.05, 3.63) is 59.9 Å². The number of aromatic hydroxyl groups is 1. The first kappa shape index (κ1) is 11.8. The molecular formula is C13H10N2O3. The third-order valence-electron chi connectivity index (χ3n) is 2.13. The SMILES string of the molecule is O=C(O/N=C/c1ccc(O)cc1)c1cccnc1. The van der Waals surface area contributed by atoms with Crippen LogP contribution in [0.25, 0.3) is 0 Å². The Morgan fingerprint density at radius 2 is 2.06 bits per heavy atom. The Balaban J connectivity index is 1.96. The van der Waals surface area contributed by atoms with Crippen LogP contribution in [-0.4, -0.2) is 22.3 Å². The van der Waals surface area contributed by atoms with E-state index in [2.05, 4.69) is 10.1 Å². The number of nitrogens with zero attached hydrogens (tertiary/aromatic N) is 2. The lowest BCUT2D eigenvalue weighted by atomic mass is 10.2. The molecule has 2 aromatic rings. The average molecular weight is 242 g/mol. The van der Waals surface area contributed by atoms with E-state index in [9.17, 15) is 4.79 Å². The van der Waals surface area contributed by atoms with Crippen LogP contribution in [0.1, 0.15) is 15.9 Å². The predicted octanol–water partition coefficient (Wildman–Crippen LogP) is 1.98. The van der Waals surface area contributed by atoms with Gasteiger partial charge in [-0.25, -0.2) is 4.79 Å². The standard InChI is InChI=1S/C13H10N2O3/c16-12-5-3-10(4-6-12)8-15-18-13(17)11-2-1-7-14-9-11/h1-9,16H/b15-8+. The maximum atomic E-state index is 11.5. The molecule has 0 saturated carbocycles. The minimum atomic E-state index is -0.571. The summed E-state index contributed by atoms with van der Waals surface area (Å²) in [6, 6.07) is 9.56. The topological polar surface area (TPSA) is 71.8 Å². The number of rotatable bonds is 3. The van der Waals surface area contributed by atoms with Crippen molar-refractivity contribution in [1.82, 2.24) is 4.98 Å². The van der Waals surface area contributed by atoms with E-state index in [1.54, 1.807) is 30.5 Å². The summed E-state index contributed by atoms with van der Waals surface area (Å²) in [5.41, 5.74) is 1.05. The largest absolute Gasteiger partial charge is 0.508 e. The Morgan fingerprint density at radius 1 is 1.28 bits per heavy atom. The lowest BCUT2D eigenvalue weighted by Crippen LogP contribution is -2.01. The van der Waals surface area contributed by atoms with E-state index in [1.165, 1.54) is 24.5 Å². The van der Waals surface area contributed by atoms with Gasteiger partial charge in [-0.2, -0.15) is 0 Å². The highest BCUT2D eigenvalue weighted by molar-refractivity contribution is 5.89. The zero-order valence-electron chi connectivity index (χ0n) is 9.35. The van der Waals surface area contributed by atoms with Crippen LogP contribution in [0.4, 0.5) is 0 Å². The molecule has 5 nitrogen and oxygen atoms in total. The molecule has 1 aromatic heterocycles. The molecule has 1 heterocycles. The lowest BCUT2D eigenvalue weighted by molar-refractivity contribution is 0.0518. The van der Waals surface area contributed by atoms with Gasteiger partial charge in [0.2, 0.25) is 0 Å². The van der Waals surface area contributed by atoms with Gasteiger partial charge in [0.1, 0.15) is 5.75 Å². The summed E-state index contributed by atoms with van der Waals surface area (Å²) < 4.78 is 0. The van der Waals surface area contributed by atoms with Crippen LogP contribution < -0.4 is 0 Å². The van der Waals surface area contributed by atoms with Gasteiger partial charge in [-0.15, -0.1) is 0 Å². The van der Waals surface area contributed by atoms with Gasteiger partial charge >= 0.3 is 5.97 Å². The van der Waals surface area contributed by atoms with Crippen molar-refractivity contribution in [3.8, 4) is 5.75 Å². The fourth-order valence-electron chi connectivity index (χ4n) is 1.23. The second-order valence-corrected chi connectivity index (χ2v) is 3.45. The van der Waals surface area contributed by atoms with Crippen LogP contribution in [-0.2, 0) is 4.84 Å². The van der Waals surface area contributed by atoms with Crippen molar-refractivity contribution in [3.63, 3.8) is 0 Å². The van der Waals surface area contributed by atoms with Crippen molar-refractivity contribution in [2.75, 3.05) is 0 Å². The molecule has 90 valence electrons. The molecule has 2 rings (SSSR count). The summed E-state index contributed by atoms with van der Waals surface area (Å²) >= 11 is 0. The fourth-order valence-corrected chi connectivity index (χ4v) is 1.23. The van der Waals surface area contributed by atoms with Gasteiger partial charge in [0, 0.05) is 12.4 Å². The Hall–Kier alpha value is -2.69. The monoisotopic (exact) mass is 242 g/mol. The molecular weight excluding hydrogens is 232 g/mol. The Bertz CT molecular complexity index is 550. The molecule has 0 bridgehead atoms. The number of hydrogen-bond donors (Lipinski definition) is 1. The highest BCUT2D eigenvalue weighted by Gasteiger charge is 2.05. The van der Waals surface area contributed by atoms with Gasteiger partial charge in [0.15, 0.2) is 0 Å². The van der Waals surface area contributed by atoms with Gasteiger partial charge in [-0.3, -0.25) is 4.98 Å². The Kier molecular flexibility index (Phi) is 3.66. The predicted molar refractivity (Wildman–Crippen MR) is 65.4 cm³/mol. The summed E-state index contributed by atoms with van der Waals surface area (Å²) in [6.07, 6.45) is 4.35. The maximum absolute atomic E-state index is 11.5. The summed E-state index contributed by atoms with van der Waals surface area (Å²) in [6.45, 7) is 0. The molecule has 5 heteroatoms. The molecule has 0 unspecified atom stereocenters. The molecule has 1 aromatic carbocycles. The third-order valence-corrected chi connectivity index (χ3v) is 2.13. The molecule has 0 radical (unpaired) electrons. The van der Waals surface area contributed by atoms with Crippen LogP contribution in [0, 0.1) is 0 Å². The van der Waals surface area contributed by atoms with E-state index < -0.39 is 5.97 Å². The van der Waals surface area contributed by atoms with Gasteiger partial charge < -0.3 is 9.94 Å². The van der Waals surface area contributed by atoms with E-state index in [0.29, 0.717) is 11.1 Å². The quantitative estimate of drug-likeness (QED) is 0.507. The molecule has 0 amide bonds. The number of aromatic nitrogens is 1. The molecule has 0 spiro atoms. The molecule has 0 fully saturated rings. The summed E-state index contributed by atoms with van der Waals surface area (Å²) in [5, 5.41) is 12.6. The molecule has 0 aliphatic rings. The van der Waals surface area contributed by atoms with Gasteiger partial charge in [-0.1, -0.05) is 5.16 Å². The van der Waals surface area contributed by atoms with Crippen LogP contribution >= 0.6 is 0 Å². The molecule has 0 aliphatic carbocycles. The van der Waals surface area contributed by atoms with Crippen LogP contribution in [0.2, 0.25) is 0 Å². The molecule has 0 aliphatic heterocycles.